The van der Waals surface area contributed by atoms with Crippen molar-refractivity contribution in [2.24, 2.45) is 11.1 Å². The number of rotatable bonds is 4. The molecule has 2 aliphatic carbocycles. The molecule has 2 saturated carbocycles. The van der Waals surface area contributed by atoms with E-state index in [0.29, 0.717) is 12.8 Å². The van der Waals surface area contributed by atoms with Crippen molar-refractivity contribution in [3.8, 4) is 0 Å². The minimum absolute atomic E-state index is 0.0974. The van der Waals surface area contributed by atoms with Crippen molar-refractivity contribution >= 4 is 11.9 Å². The van der Waals surface area contributed by atoms with E-state index in [1.165, 1.54) is 0 Å². The summed E-state index contributed by atoms with van der Waals surface area (Å²) >= 11 is 0. The number of aliphatic carboxylic acids is 1. The van der Waals surface area contributed by atoms with Gasteiger partial charge in [0.05, 0.1) is 5.41 Å². The third kappa shape index (κ3) is 4.43. The second-order valence-electron chi connectivity index (χ2n) is 6.86. The van der Waals surface area contributed by atoms with E-state index < -0.39 is 11.4 Å². The predicted molar refractivity (Wildman–Crippen MR) is 80.8 cm³/mol. The first-order valence-electron chi connectivity index (χ1n) is 8.30. The van der Waals surface area contributed by atoms with Gasteiger partial charge in [0.1, 0.15) is 0 Å². The first kappa shape index (κ1) is 16.3. The molecule has 0 saturated heterocycles. The van der Waals surface area contributed by atoms with Crippen LogP contribution in [-0.2, 0) is 9.59 Å². The minimum Gasteiger partial charge on any atom is -0.481 e. The summed E-state index contributed by atoms with van der Waals surface area (Å²) < 4.78 is 0. The highest BCUT2D eigenvalue weighted by Crippen LogP contribution is 2.38. The highest BCUT2D eigenvalue weighted by molar-refractivity contribution is 5.85. The molecule has 4 N–H and O–H groups in total. The highest BCUT2D eigenvalue weighted by atomic mass is 16.4. The monoisotopic (exact) mass is 296 g/mol. The van der Waals surface area contributed by atoms with Crippen LogP contribution >= 0.6 is 0 Å². The van der Waals surface area contributed by atoms with E-state index in [1.54, 1.807) is 0 Å². The summed E-state index contributed by atoms with van der Waals surface area (Å²) in [7, 11) is 0. The lowest BCUT2D eigenvalue weighted by atomic mass is 9.77. The SMILES string of the molecule is NC1CCC(NC(=O)CC2(C(=O)O)CCCCCC2)CC1. The molecule has 120 valence electrons. The Labute approximate surface area is 126 Å². The number of carbonyl (C=O) groups excluding carboxylic acids is 1. The molecule has 21 heavy (non-hydrogen) atoms. The van der Waals surface area contributed by atoms with Gasteiger partial charge < -0.3 is 16.2 Å². The number of nitrogens with one attached hydrogen (secondary N) is 1. The van der Waals surface area contributed by atoms with Crippen LogP contribution in [-0.4, -0.2) is 29.1 Å². The Kier molecular flexibility index (Phi) is 5.62. The molecule has 2 rings (SSSR count). The van der Waals surface area contributed by atoms with Crippen molar-refractivity contribution in [2.75, 3.05) is 0 Å². The Morgan fingerprint density at radius 2 is 1.62 bits per heavy atom. The van der Waals surface area contributed by atoms with Gasteiger partial charge in [-0.1, -0.05) is 25.7 Å². The predicted octanol–water partition coefficient (Wildman–Crippen LogP) is 2.19. The zero-order valence-electron chi connectivity index (χ0n) is 12.8. The summed E-state index contributed by atoms with van der Waals surface area (Å²) in [6, 6.07) is 0.430. The maximum Gasteiger partial charge on any atom is 0.310 e. The second kappa shape index (κ2) is 7.25. The molecule has 5 nitrogen and oxygen atoms in total. The Hall–Kier alpha value is -1.10. The number of carbonyl (C=O) groups is 2. The molecule has 0 heterocycles. The van der Waals surface area contributed by atoms with Crippen molar-refractivity contribution in [3.63, 3.8) is 0 Å². The van der Waals surface area contributed by atoms with Crippen LogP contribution in [0.1, 0.15) is 70.6 Å². The summed E-state index contributed by atoms with van der Waals surface area (Å²) in [6.07, 6.45) is 9.08. The van der Waals surface area contributed by atoms with Gasteiger partial charge in [-0.15, -0.1) is 0 Å². The third-order valence-corrected chi connectivity index (χ3v) is 5.15. The zero-order valence-corrected chi connectivity index (χ0v) is 12.8. The summed E-state index contributed by atoms with van der Waals surface area (Å²) in [4.78, 5) is 24.0. The molecule has 0 aromatic carbocycles. The van der Waals surface area contributed by atoms with Gasteiger partial charge in [-0.3, -0.25) is 9.59 Å². The normalized spacial score (nSPS) is 29.4. The van der Waals surface area contributed by atoms with Gasteiger partial charge in [0.15, 0.2) is 0 Å². The van der Waals surface area contributed by atoms with Gasteiger partial charge in [0, 0.05) is 18.5 Å². The quantitative estimate of drug-likeness (QED) is 0.693. The molecule has 2 aliphatic rings. The first-order valence-corrected chi connectivity index (χ1v) is 8.30. The lowest BCUT2D eigenvalue weighted by Gasteiger charge is -2.30. The Balaban J connectivity index is 1.90. The van der Waals surface area contributed by atoms with E-state index in [1.807, 2.05) is 0 Å². The van der Waals surface area contributed by atoms with Crippen LogP contribution in [0.4, 0.5) is 0 Å². The van der Waals surface area contributed by atoms with Gasteiger partial charge in [-0.2, -0.15) is 0 Å². The molecule has 0 aromatic heterocycles. The van der Waals surface area contributed by atoms with Crippen molar-refractivity contribution in [1.82, 2.24) is 5.32 Å². The standard InChI is InChI=1S/C16H28N2O3/c17-12-5-7-13(8-6-12)18-14(19)11-16(15(20)21)9-3-1-2-4-10-16/h12-13H,1-11,17H2,(H,18,19)(H,20,21). The topological polar surface area (TPSA) is 92.4 Å². The summed E-state index contributed by atoms with van der Waals surface area (Å²) in [5, 5.41) is 12.6. The maximum absolute atomic E-state index is 12.3. The molecule has 0 radical (unpaired) electrons. The van der Waals surface area contributed by atoms with Crippen LogP contribution < -0.4 is 11.1 Å². The smallest absolute Gasteiger partial charge is 0.310 e. The Bertz CT molecular complexity index is 368. The van der Waals surface area contributed by atoms with Gasteiger partial charge in [0.2, 0.25) is 5.91 Å². The van der Waals surface area contributed by atoms with Gasteiger partial charge in [-0.05, 0) is 38.5 Å². The van der Waals surface area contributed by atoms with Crippen molar-refractivity contribution in [1.29, 1.82) is 0 Å². The average molecular weight is 296 g/mol. The largest absolute Gasteiger partial charge is 0.481 e. The first-order chi connectivity index (χ1) is 10.0. The number of carboxylic acids is 1. The van der Waals surface area contributed by atoms with E-state index in [9.17, 15) is 14.7 Å². The molecular weight excluding hydrogens is 268 g/mol. The van der Waals surface area contributed by atoms with Crippen LogP contribution in [0.25, 0.3) is 0 Å². The lowest BCUT2D eigenvalue weighted by Crippen LogP contribution is -2.43. The molecule has 0 aliphatic heterocycles. The van der Waals surface area contributed by atoms with Crippen molar-refractivity contribution in [3.05, 3.63) is 0 Å². The van der Waals surface area contributed by atoms with Gasteiger partial charge in [-0.25, -0.2) is 0 Å². The van der Waals surface area contributed by atoms with E-state index in [-0.39, 0.29) is 24.4 Å². The van der Waals surface area contributed by atoms with E-state index >= 15 is 0 Å². The van der Waals surface area contributed by atoms with Gasteiger partial charge in [0.25, 0.3) is 0 Å². The molecular formula is C16H28N2O3. The van der Waals surface area contributed by atoms with Crippen LogP contribution in [0.5, 0.6) is 0 Å². The van der Waals surface area contributed by atoms with Crippen LogP contribution in [0.2, 0.25) is 0 Å². The van der Waals surface area contributed by atoms with Crippen LogP contribution in [0.15, 0.2) is 0 Å². The number of amides is 1. The summed E-state index contributed by atoms with van der Waals surface area (Å²) in [5.74, 6) is -0.898. The minimum atomic E-state index is -0.842. The molecule has 0 atom stereocenters. The zero-order chi connectivity index (χ0) is 15.3. The lowest BCUT2D eigenvalue weighted by molar-refractivity contribution is -0.153. The third-order valence-electron chi connectivity index (χ3n) is 5.15. The number of nitrogens with two attached hydrogens (primary N) is 1. The molecule has 0 spiro atoms. The molecule has 2 fully saturated rings. The highest BCUT2D eigenvalue weighted by Gasteiger charge is 2.40. The van der Waals surface area contributed by atoms with E-state index in [2.05, 4.69) is 5.32 Å². The van der Waals surface area contributed by atoms with E-state index in [4.69, 9.17) is 5.73 Å². The Morgan fingerprint density at radius 3 is 2.14 bits per heavy atom. The second-order valence-corrected chi connectivity index (χ2v) is 6.86. The summed E-state index contributed by atoms with van der Waals surface area (Å²) in [5.41, 5.74) is 5.02. The number of carboxylic acid groups (broad SMARTS) is 1. The number of hydrogen-bond donors (Lipinski definition) is 3. The molecule has 0 aromatic rings. The average Bonchev–Trinajstić information content (AvgIpc) is 2.68. The fraction of sp³-hybridized carbons (Fsp3) is 0.875. The molecule has 0 bridgehead atoms. The van der Waals surface area contributed by atoms with Crippen LogP contribution in [0.3, 0.4) is 0 Å². The fourth-order valence-electron chi connectivity index (χ4n) is 3.72. The molecule has 5 heteroatoms. The number of hydrogen-bond acceptors (Lipinski definition) is 3. The van der Waals surface area contributed by atoms with Gasteiger partial charge >= 0.3 is 5.97 Å². The molecule has 0 unspecified atom stereocenters. The summed E-state index contributed by atoms with van der Waals surface area (Å²) in [6.45, 7) is 0. The van der Waals surface area contributed by atoms with Crippen molar-refractivity contribution < 1.29 is 14.7 Å². The van der Waals surface area contributed by atoms with Crippen LogP contribution in [0, 0.1) is 5.41 Å². The maximum atomic E-state index is 12.3. The van der Waals surface area contributed by atoms with Crippen molar-refractivity contribution in [2.45, 2.75) is 82.7 Å². The Morgan fingerprint density at radius 1 is 1.05 bits per heavy atom. The fourth-order valence-corrected chi connectivity index (χ4v) is 3.72. The molecule has 1 amide bonds. The van der Waals surface area contributed by atoms with E-state index in [0.717, 1.165) is 51.4 Å².